The Bertz CT molecular complexity index is 1460. The number of allylic oxidation sites excluding steroid dienone is 3. The second-order valence-corrected chi connectivity index (χ2v) is 10.6. The molecule has 3 aromatic rings. The summed E-state index contributed by atoms with van der Waals surface area (Å²) in [5.41, 5.74) is 5.03. The standard InChI is InChI=1S/C31H23ClF3NO2/c1-16-3-7-18(8-4-16)25(19-9-5-17(2)6-10-19)26-21-12-13-22(26)28-27(21)29(37)36(30(28)38)24-15-20(31(33,34)35)11-14-23(24)32/h3-15,21-22,27-28H,1-2H3/t21-,22-,27-,28-/m1/s1. The van der Waals surface area contributed by atoms with Crippen molar-refractivity contribution in [2.75, 3.05) is 4.90 Å². The van der Waals surface area contributed by atoms with Crippen molar-refractivity contribution in [3.05, 3.63) is 117 Å². The van der Waals surface area contributed by atoms with E-state index in [-0.39, 0.29) is 22.5 Å². The zero-order chi connectivity index (χ0) is 26.9. The molecule has 0 aromatic heterocycles. The Morgan fingerprint density at radius 2 is 1.24 bits per heavy atom. The molecule has 1 saturated heterocycles. The fourth-order valence-electron chi connectivity index (χ4n) is 6.13. The van der Waals surface area contributed by atoms with Gasteiger partial charge in [-0.25, -0.2) is 4.90 Å². The number of aryl methyl sites for hydroxylation is 2. The second kappa shape index (κ2) is 8.70. The van der Waals surface area contributed by atoms with Gasteiger partial charge in [-0.05, 0) is 54.3 Å². The highest BCUT2D eigenvalue weighted by Crippen LogP contribution is 2.59. The van der Waals surface area contributed by atoms with Crippen LogP contribution in [0.2, 0.25) is 5.02 Å². The van der Waals surface area contributed by atoms with Crippen LogP contribution in [0.15, 0.2) is 84.5 Å². The summed E-state index contributed by atoms with van der Waals surface area (Å²) in [5.74, 6) is -3.08. The molecular formula is C31H23ClF3NO2. The molecular weight excluding hydrogens is 511 g/mol. The van der Waals surface area contributed by atoms with Crippen LogP contribution in [0.1, 0.15) is 27.8 Å². The average Bonchev–Trinajstić information content (AvgIpc) is 3.50. The van der Waals surface area contributed by atoms with Crippen LogP contribution in [0, 0.1) is 37.5 Å². The molecule has 1 aliphatic heterocycles. The Morgan fingerprint density at radius 3 is 1.68 bits per heavy atom. The van der Waals surface area contributed by atoms with Gasteiger partial charge in [0.25, 0.3) is 0 Å². The van der Waals surface area contributed by atoms with Crippen molar-refractivity contribution in [1.29, 1.82) is 0 Å². The fourth-order valence-corrected chi connectivity index (χ4v) is 6.34. The first-order valence-electron chi connectivity index (χ1n) is 12.4. The molecule has 2 bridgehead atoms. The van der Waals surface area contributed by atoms with Crippen molar-refractivity contribution in [1.82, 2.24) is 0 Å². The monoisotopic (exact) mass is 533 g/mol. The maximum absolute atomic E-state index is 13.7. The van der Waals surface area contributed by atoms with Gasteiger partial charge in [0.15, 0.2) is 0 Å². The molecule has 3 aliphatic rings. The molecule has 7 heteroatoms. The van der Waals surface area contributed by atoms with Crippen LogP contribution in [0.4, 0.5) is 18.9 Å². The lowest BCUT2D eigenvalue weighted by molar-refractivity contribution is -0.137. The molecule has 1 saturated carbocycles. The smallest absolute Gasteiger partial charge is 0.274 e. The molecule has 1 heterocycles. The predicted octanol–water partition coefficient (Wildman–Crippen LogP) is 7.40. The Kier molecular flexibility index (Phi) is 5.65. The molecule has 3 aromatic carbocycles. The van der Waals surface area contributed by atoms with E-state index in [4.69, 9.17) is 11.6 Å². The second-order valence-electron chi connectivity index (χ2n) is 10.2. The highest BCUT2D eigenvalue weighted by atomic mass is 35.5. The van der Waals surface area contributed by atoms with E-state index in [2.05, 4.69) is 0 Å². The number of amides is 2. The highest BCUT2D eigenvalue weighted by Gasteiger charge is 2.62. The van der Waals surface area contributed by atoms with Crippen LogP contribution in [0.25, 0.3) is 5.57 Å². The van der Waals surface area contributed by atoms with Gasteiger partial charge >= 0.3 is 6.18 Å². The third-order valence-electron chi connectivity index (χ3n) is 7.90. The van der Waals surface area contributed by atoms with E-state index < -0.39 is 35.4 Å². The summed E-state index contributed by atoms with van der Waals surface area (Å²) >= 11 is 6.23. The van der Waals surface area contributed by atoms with E-state index in [0.29, 0.717) is 0 Å². The topological polar surface area (TPSA) is 37.4 Å². The van der Waals surface area contributed by atoms with Crippen molar-refractivity contribution >= 4 is 34.7 Å². The first-order valence-corrected chi connectivity index (χ1v) is 12.7. The molecule has 0 unspecified atom stereocenters. The number of anilines is 1. The molecule has 4 atom stereocenters. The lowest BCUT2D eigenvalue weighted by atomic mass is 9.85. The number of fused-ring (bicyclic) bond motifs is 5. The summed E-state index contributed by atoms with van der Waals surface area (Å²) < 4.78 is 40.2. The number of carbonyl (C=O) groups excluding carboxylic acids is 2. The van der Waals surface area contributed by atoms with Crippen LogP contribution in [0.5, 0.6) is 0 Å². The van der Waals surface area contributed by atoms with Crippen molar-refractivity contribution in [3.8, 4) is 0 Å². The summed E-state index contributed by atoms with van der Waals surface area (Å²) in [7, 11) is 0. The number of halogens is 4. The minimum Gasteiger partial charge on any atom is -0.274 e. The molecule has 0 N–H and O–H groups in total. The molecule has 2 amide bonds. The first kappa shape index (κ1) is 24.7. The van der Waals surface area contributed by atoms with E-state index >= 15 is 0 Å². The van der Waals surface area contributed by atoms with Gasteiger partial charge in [-0.2, -0.15) is 13.2 Å². The molecule has 0 radical (unpaired) electrons. The molecule has 192 valence electrons. The summed E-state index contributed by atoms with van der Waals surface area (Å²) in [6, 6.07) is 19.0. The van der Waals surface area contributed by atoms with E-state index in [1.807, 2.05) is 74.5 Å². The molecule has 6 rings (SSSR count). The highest BCUT2D eigenvalue weighted by molar-refractivity contribution is 6.36. The van der Waals surface area contributed by atoms with Gasteiger partial charge in [-0.1, -0.05) is 83.4 Å². The minimum atomic E-state index is -4.63. The number of nitrogens with zero attached hydrogens (tertiary/aromatic N) is 1. The number of hydrogen-bond donors (Lipinski definition) is 0. The maximum Gasteiger partial charge on any atom is 0.416 e. The Balaban J connectivity index is 1.47. The van der Waals surface area contributed by atoms with Crippen LogP contribution >= 0.6 is 11.6 Å². The summed E-state index contributed by atoms with van der Waals surface area (Å²) in [4.78, 5) is 28.3. The van der Waals surface area contributed by atoms with Gasteiger partial charge in [0.05, 0.1) is 28.1 Å². The van der Waals surface area contributed by atoms with Crippen molar-refractivity contribution in [3.63, 3.8) is 0 Å². The summed E-state index contributed by atoms with van der Waals surface area (Å²) in [5, 5.41) is -0.0734. The van der Waals surface area contributed by atoms with Gasteiger partial charge in [-0.3, -0.25) is 9.59 Å². The zero-order valence-electron chi connectivity index (χ0n) is 20.6. The van der Waals surface area contributed by atoms with Crippen LogP contribution in [0.3, 0.4) is 0 Å². The van der Waals surface area contributed by atoms with Crippen molar-refractivity contribution in [2.24, 2.45) is 23.7 Å². The molecule has 2 aliphatic carbocycles. The summed E-state index contributed by atoms with van der Waals surface area (Å²) in [6.45, 7) is 4.02. The SMILES string of the molecule is Cc1ccc(C(=C2[C@H]3C=C[C@H]2[C@H]2C(=O)N(c4cc(C(F)(F)F)ccc4Cl)C(=O)[C@@H]23)c2ccc(C)cc2)cc1. The van der Waals surface area contributed by atoms with Crippen LogP contribution < -0.4 is 4.90 Å². The fraction of sp³-hybridized carbons (Fsp3) is 0.226. The number of benzene rings is 3. The van der Waals surface area contributed by atoms with E-state index in [0.717, 1.165) is 56.5 Å². The van der Waals surface area contributed by atoms with Crippen LogP contribution in [-0.4, -0.2) is 11.8 Å². The number of rotatable bonds is 3. The van der Waals surface area contributed by atoms with Gasteiger partial charge in [-0.15, -0.1) is 0 Å². The van der Waals surface area contributed by atoms with Gasteiger partial charge < -0.3 is 0 Å². The van der Waals surface area contributed by atoms with Crippen LogP contribution in [-0.2, 0) is 15.8 Å². The van der Waals surface area contributed by atoms with Gasteiger partial charge in [0.2, 0.25) is 11.8 Å². The predicted molar refractivity (Wildman–Crippen MR) is 140 cm³/mol. The molecule has 3 nitrogen and oxygen atoms in total. The van der Waals surface area contributed by atoms with Gasteiger partial charge in [0.1, 0.15) is 0 Å². The number of carbonyl (C=O) groups is 2. The largest absolute Gasteiger partial charge is 0.416 e. The van der Waals surface area contributed by atoms with E-state index in [1.165, 1.54) is 0 Å². The number of alkyl halides is 3. The molecule has 38 heavy (non-hydrogen) atoms. The Morgan fingerprint density at radius 1 is 0.763 bits per heavy atom. The Hall–Kier alpha value is -3.64. The van der Waals surface area contributed by atoms with Crippen molar-refractivity contribution in [2.45, 2.75) is 20.0 Å². The normalized spacial score (nSPS) is 23.9. The van der Waals surface area contributed by atoms with Crippen molar-refractivity contribution < 1.29 is 22.8 Å². The van der Waals surface area contributed by atoms with E-state index in [1.54, 1.807) is 0 Å². The third kappa shape index (κ3) is 3.73. The summed E-state index contributed by atoms with van der Waals surface area (Å²) in [6.07, 6.45) is -0.702. The third-order valence-corrected chi connectivity index (χ3v) is 8.22. The molecule has 2 fully saturated rings. The lowest BCUT2D eigenvalue weighted by Crippen LogP contribution is -2.33. The maximum atomic E-state index is 13.7. The Labute approximate surface area is 223 Å². The van der Waals surface area contributed by atoms with Gasteiger partial charge in [0, 0.05) is 11.8 Å². The molecule has 0 spiro atoms. The quantitative estimate of drug-likeness (QED) is 0.260. The lowest BCUT2D eigenvalue weighted by Gasteiger charge is -2.23. The number of imide groups is 1. The zero-order valence-corrected chi connectivity index (χ0v) is 21.3. The first-order chi connectivity index (χ1) is 18.1. The number of hydrogen-bond acceptors (Lipinski definition) is 2. The van der Waals surface area contributed by atoms with E-state index in [9.17, 15) is 22.8 Å². The average molecular weight is 534 g/mol. The minimum absolute atomic E-state index is 0.0734.